The number of nitrogens with one attached hydrogen (secondary N) is 3. The van der Waals surface area contributed by atoms with Crippen LogP contribution in [0, 0.1) is 0 Å². The summed E-state index contributed by atoms with van der Waals surface area (Å²) < 4.78 is 6.71. The molecule has 1 saturated heterocycles. The van der Waals surface area contributed by atoms with Gasteiger partial charge in [0.1, 0.15) is 5.69 Å². The molecule has 8 nitrogen and oxygen atoms in total. The summed E-state index contributed by atoms with van der Waals surface area (Å²) in [6.07, 6.45) is 1.66. The minimum absolute atomic E-state index is 0.0969. The quantitative estimate of drug-likeness (QED) is 0.492. The maximum Gasteiger partial charge on any atom is 0.328 e. The zero-order valence-electron chi connectivity index (χ0n) is 16.9. The molecule has 1 aliphatic heterocycles. The van der Waals surface area contributed by atoms with E-state index in [2.05, 4.69) is 16.1 Å². The molecular formula is C22H20Cl2N4O4. The first-order chi connectivity index (χ1) is 15.4. The molecule has 10 heteroatoms. The third kappa shape index (κ3) is 5.04. The zero-order chi connectivity index (χ0) is 22.7. The Labute approximate surface area is 193 Å². The molecule has 2 aromatic carbocycles. The van der Waals surface area contributed by atoms with E-state index in [1.54, 1.807) is 48.5 Å². The predicted octanol–water partition coefficient (Wildman–Crippen LogP) is 3.57. The van der Waals surface area contributed by atoms with Gasteiger partial charge in [-0.05, 0) is 55.3 Å². The molecule has 1 atom stereocenters. The minimum atomic E-state index is -0.910. The van der Waals surface area contributed by atoms with Crippen molar-refractivity contribution in [3.05, 3.63) is 64.3 Å². The van der Waals surface area contributed by atoms with Gasteiger partial charge in [-0.1, -0.05) is 29.3 Å². The molecule has 1 fully saturated rings. The second-order valence-corrected chi connectivity index (χ2v) is 8.19. The number of hydrogen-bond donors (Lipinski definition) is 3. The van der Waals surface area contributed by atoms with Crippen molar-refractivity contribution < 1.29 is 19.1 Å². The van der Waals surface area contributed by atoms with E-state index in [0.717, 1.165) is 12.8 Å². The number of carbonyl (C=O) groups is 3. The fraction of sp³-hybridized carbons (Fsp3) is 0.227. The first-order valence-electron chi connectivity index (χ1n) is 9.99. The zero-order valence-corrected chi connectivity index (χ0v) is 18.4. The summed E-state index contributed by atoms with van der Waals surface area (Å²) in [6, 6.07) is 13.2. The van der Waals surface area contributed by atoms with Crippen molar-refractivity contribution in [3.8, 4) is 0 Å². The monoisotopic (exact) mass is 474 g/mol. The van der Waals surface area contributed by atoms with E-state index >= 15 is 0 Å². The highest BCUT2D eigenvalue weighted by atomic mass is 35.5. The van der Waals surface area contributed by atoms with Gasteiger partial charge in [0.15, 0.2) is 0 Å². The van der Waals surface area contributed by atoms with E-state index in [1.165, 1.54) is 4.68 Å². The molecule has 1 aliphatic rings. The number of amides is 3. The Hall–Kier alpha value is -3.07. The highest BCUT2D eigenvalue weighted by molar-refractivity contribution is 6.38. The van der Waals surface area contributed by atoms with Crippen molar-refractivity contribution in [2.75, 3.05) is 23.9 Å². The highest BCUT2D eigenvalue weighted by Crippen LogP contribution is 2.24. The third-order valence-corrected chi connectivity index (χ3v) is 5.48. The summed E-state index contributed by atoms with van der Waals surface area (Å²) in [7, 11) is 0. The molecule has 2 heterocycles. The lowest BCUT2D eigenvalue weighted by Gasteiger charge is -2.14. The highest BCUT2D eigenvalue weighted by Gasteiger charge is 2.23. The first kappa shape index (κ1) is 22.1. The van der Waals surface area contributed by atoms with E-state index in [1.807, 2.05) is 0 Å². The topological polar surface area (TPSA) is 101 Å². The normalized spacial score (nSPS) is 15.5. The summed E-state index contributed by atoms with van der Waals surface area (Å²) in [5.41, 5.74) is 3.60. The smallest absolute Gasteiger partial charge is 0.328 e. The lowest BCUT2D eigenvalue weighted by molar-refractivity contribution is -0.136. The SMILES string of the molecule is O=C(NC[C@@H]1CCCO1)C(=O)Nn1c(C(=O)Nc2cccc(Cl)c2)cc2cc(Cl)ccc21. The lowest BCUT2D eigenvalue weighted by Crippen LogP contribution is -2.42. The Morgan fingerprint density at radius 1 is 1.03 bits per heavy atom. The third-order valence-electron chi connectivity index (χ3n) is 5.01. The van der Waals surface area contributed by atoms with Crippen molar-refractivity contribution in [2.24, 2.45) is 0 Å². The van der Waals surface area contributed by atoms with Crippen LogP contribution in [0.25, 0.3) is 10.9 Å². The number of fused-ring (bicyclic) bond motifs is 1. The van der Waals surface area contributed by atoms with E-state index < -0.39 is 17.7 Å². The second kappa shape index (κ2) is 9.60. The molecule has 0 saturated carbocycles. The fourth-order valence-electron chi connectivity index (χ4n) is 3.48. The van der Waals surface area contributed by atoms with Crippen molar-refractivity contribution in [1.29, 1.82) is 0 Å². The molecule has 0 aliphatic carbocycles. The second-order valence-electron chi connectivity index (χ2n) is 7.32. The maximum absolute atomic E-state index is 13.0. The molecule has 1 aromatic heterocycles. The van der Waals surface area contributed by atoms with Gasteiger partial charge in [0, 0.05) is 34.3 Å². The number of nitrogens with zero attached hydrogens (tertiary/aromatic N) is 1. The van der Waals surface area contributed by atoms with Crippen LogP contribution >= 0.6 is 23.2 Å². The Balaban J connectivity index is 1.56. The summed E-state index contributed by atoms with van der Waals surface area (Å²) in [5, 5.41) is 6.85. The number of carbonyl (C=O) groups excluding carboxylic acids is 3. The molecule has 3 N–H and O–H groups in total. The molecule has 3 aromatic rings. The summed E-state index contributed by atoms with van der Waals surface area (Å²) in [4.78, 5) is 37.8. The van der Waals surface area contributed by atoms with Gasteiger partial charge >= 0.3 is 11.8 Å². The summed E-state index contributed by atoms with van der Waals surface area (Å²) in [5.74, 6) is -2.23. The molecular weight excluding hydrogens is 455 g/mol. The Morgan fingerprint density at radius 2 is 1.84 bits per heavy atom. The van der Waals surface area contributed by atoms with Crippen molar-refractivity contribution in [2.45, 2.75) is 18.9 Å². The molecule has 166 valence electrons. The van der Waals surface area contributed by atoms with Gasteiger partial charge in [-0.25, -0.2) is 4.68 Å². The van der Waals surface area contributed by atoms with Crippen LogP contribution < -0.4 is 16.1 Å². The van der Waals surface area contributed by atoms with Crippen LogP contribution in [0.2, 0.25) is 10.0 Å². The number of aromatic nitrogens is 1. The Bertz CT molecular complexity index is 1190. The standard InChI is InChI=1S/C22H20Cl2N4O4/c23-14-3-1-4-16(11-14)26-20(29)19-10-13-9-15(24)6-7-18(13)28(19)27-22(31)21(30)25-12-17-5-2-8-32-17/h1,3-4,6-7,9-11,17H,2,5,8,12H2,(H,25,30)(H,26,29)(H,27,31)/t17-/m0/s1. The molecule has 0 radical (unpaired) electrons. The van der Waals surface area contributed by atoms with Gasteiger partial charge in [-0.3, -0.25) is 19.8 Å². The molecule has 0 unspecified atom stereocenters. The van der Waals surface area contributed by atoms with E-state index in [4.69, 9.17) is 27.9 Å². The van der Waals surface area contributed by atoms with Gasteiger partial charge in [0.05, 0.1) is 11.6 Å². The molecule has 0 spiro atoms. The van der Waals surface area contributed by atoms with E-state index in [9.17, 15) is 14.4 Å². The van der Waals surface area contributed by atoms with Crippen molar-refractivity contribution in [3.63, 3.8) is 0 Å². The number of benzene rings is 2. The largest absolute Gasteiger partial charge is 0.376 e. The van der Waals surface area contributed by atoms with Crippen LogP contribution in [0.3, 0.4) is 0 Å². The van der Waals surface area contributed by atoms with Gasteiger partial charge in [0.25, 0.3) is 5.91 Å². The van der Waals surface area contributed by atoms with E-state index in [0.29, 0.717) is 33.2 Å². The van der Waals surface area contributed by atoms with E-state index in [-0.39, 0.29) is 18.3 Å². The van der Waals surface area contributed by atoms with Crippen molar-refractivity contribution in [1.82, 2.24) is 9.99 Å². The number of hydrogen-bond acceptors (Lipinski definition) is 4. The lowest BCUT2D eigenvalue weighted by atomic mass is 10.2. The van der Waals surface area contributed by atoms with Crippen LogP contribution in [0.1, 0.15) is 23.3 Å². The number of anilines is 1. The number of ether oxygens (including phenoxy) is 1. The predicted molar refractivity (Wildman–Crippen MR) is 123 cm³/mol. The molecule has 0 bridgehead atoms. The molecule has 3 amide bonds. The average Bonchev–Trinajstić information content (AvgIpc) is 3.40. The fourth-order valence-corrected chi connectivity index (χ4v) is 3.85. The first-order valence-corrected chi connectivity index (χ1v) is 10.7. The molecule has 32 heavy (non-hydrogen) atoms. The maximum atomic E-state index is 13.0. The van der Waals surface area contributed by atoms with Crippen LogP contribution in [-0.4, -0.2) is 41.7 Å². The van der Waals surface area contributed by atoms with Crippen LogP contribution in [-0.2, 0) is 14.3 Å². The number of rotatable bonds is 5. The summed E-state index contributed by atoms with van der Waals surface area (Å²) >= 11 is 12.1. The van der Waals surface area contributed by atoms with Gasteiger partial charge in [-0.15, -0.1) is 0 Å². The molecule has 4 rings (SSSR count). The average molecular weight is 475 g/mol. The van der Waals surface area contributed by atoms with Gasteiger partial charge in [0.2, 0.25) is 0 Å². The van der Waals surface area contributed by atoms with Crippen LogP contribution in [0.5, 0.6) is 0 Å². The van der Waals surface area contributed by atoms with Crippen molar-refractivity contribution >= 4 is 57.5 Å². The van der Waals surface area contributed by atoms with Gasteiger partial charge in [-0.2, -0.15) is 0 Å². The van der Waals surface area contributed by atoms with Crippen LogP contribution in [0.4, 0.5) is 5.69 Å². The number of halogens is 2. The Kier molecular flexibility index (Phi) is 6.64. The summed E-state index contributed by atoms with van der Waals surface area (Å²) in [6.45, 7) is 0.895. The van der Waals surface area contributed by atoms with Gasteiger partial charge < -0.3 is 15.4 Å². The van der Waals surface area contributed by atoms with Crippen LogP contribution in [0.15, 0.2) is 48.5 Å². The minimum Gasteiger partial charge on any atom is -0.376 e. The Morgan fingerprint density at radius 3 is 2.59 bits per heavy atom.